The van der Waals surface area contributed by atoms with Crippen LogP contribution in [0.25, 0.3) is 0 Å². The van der Waals surface area contributed by atoms with Crippen LogP contribution in [-0.2, 0) is 9.53 Å². The molecule has 1 aromatic carbocycles. The summed E-state index contributed by atoms with van der Waals surface area (Å²) < 4.78 is 6.95. The van der Waals surface area contributed by atoms with Gasteiger partial charge in [-0.15, -0.1) is 0 Å². The molecule has 0 bridgehead atoms. The van der Waals surface area contributed by atoms with Gasteiger partial charge in [0.1, 0.15) is 0 Å². The second-order valence-corrected chi connectivity index (χ2v) is 5.15. The molecule has 18 heavy (non-hydrogen) atoms. The lowest BCUT2D eigenvalue weighted by Gasteiger charge is -2.35. The molecule has 98 valence electrons. The van der Waals surface area contributed by atoms with Gasteiger partial charge in [-0.2, -0.15) is 0 Å². The summed E-state index contributed by atoms with van der Waals surface area (Å²) in [6.45, 7) is 0.925. The highest BCUT2D eigenvalue weighted by Crippen LogP contribution is 2.32. The fourth-order valence-corrected chi connectivity index (χ4v) is 2.97. The van der Waals surface area contributed by atoms with Gasteiger partial charge in [-0.3, -0.25) is 4.79 Å². The number of esters is 1. The molecule has 1 saturated heterocycles. The smallest absolute Gasteiger partial charge is 0.314 e. The van der Waals surface area contributed by atoms with E-state index in [-0.39, 0.29) is 17.9 Å². The number of hydrogen-bond acceptors (Lipinski definition) is 4. The molecule has 1 fully saturated rings. The molecule has 4 heteroatoms. The normalized spacial score (nSPS) is 22.4. The fourth-order valence-electron chi connectivity index (χ4n) is 2.58. The lowest BCUT2D eigenvalue weighted by Crippen LogP contribution is -2.40. The summed E-state index contributed by atoms with van der Waals surface area (Å²) in [4.78, 5) is 12.1. The number of benzene rings is 1. The molecule has 2 unspecified atom stereocenters. The van der Waals surface area contributed by atoms with Gasteiger partial charge in [0, 0.05) is 12.6 Å². The maximum absolute atomic E-state index is 12.1. The number of hydrogen-bond donors (Lipinski definition) is 1. The van der Waals surface area contributed by atoms with Gasteiger partial charge in [-0.25, -0.2) is 4.31 Å². The number of carbonyl (C=O) groups excluding carboxylic acids is 1. The van der Waals surface area contributed by atoms with Crippen molar-refractivity contribution in [2.24, 2.45) is 0 Å². The molecule has 0 aromatic heterocycles. The fraction of sp³-hybridized carbons (Fsp3) is 0.500. The zero-order valence-corrected chi connectivity index (χ0v) is 11.5. The summed E-state index contributed by atoms with van der Waals surface area (Å²) in [6, 6.07) is 9.96. The molecule has 0 saturated carbocycles. The summed E-state index contributed by atoms with van der Waals surface area (Å²) in [5.41, 5.74) is 1.01. The second-order valence-electron chi connectivity index (χ2n) is 4.64. The predicted octanol–water partition coefficient (Wildman–Crippen LogP) is 2.64. The Morgan fingerprint density at radius 2 is 2.11 bits per heavy atom. The van der Waals surface area contributed by atoms with Gasteiger partial charge in [-0.1, -0.05) is 49.6 Å². The van der Waals surface area contributed by atoms with Crippen LogP contribution in [0, 0.1) is 0 Å². The van der Waals surface area contributed by atoms with Gasteiger partial charge in [0.05, 0.1) is 13.0 Å². The Morgan fingerprint density at radius 1 is 1.39 bits per heavy atom. The van der Waals surface area contributed by atoms with E-state index < -0.39 is 0 Å². The summed E-state index contributed by atoms with van der Waals surface area (Å²) in [5, 5.41) is 0. The van der Waals surface area contributed by atoms with Gasteiger partial charge < -0.3 is 4.74 Å². The molecule has 3 nitrogen and oxygen atoms in total. The van der Waals surface area contributed by atoms with Crippen molar-refractivity contribution in [3.05, 3.63) is 35.9 Å². The Balaban J connectivity index is 2.27. The number of ether oxygens (including phenoxy) is 1. The topological polar surface area (TPSA) is 29.5 Å². The van der Waals surface area contributed by atoms with E-state index in [0.717, 1.165) is 31.4 Å². The highest BCUT2D eigenvalue weighted by molar-refractivity contribution is 7.77. The van der Waals surface area contributed by atoms with Crippen LogP contribution in [0.3, 0.4) is 0 Å². The van der Waals surface area contributed by atoms with Gasteiger partial charge in [-0.05, 0) is 18.4 Å². The van der Waals surface area contributed by atoms with Crippen molar-refractivity contribution in [3.63, 3.8) is 0 Å². The summed E-state index contributed by atoms with van der Waals surface area (Å²) in [7, 11) is 1.45. The average molecular weight is 265 g/mol. The Hall–Kier alpha value is -1.00. The zero-order chi connectivity index (χ0) is 13.0. The van der Waals surface area contributed by atoms with Crippen molar-refractivity contribution in [2.75, 3.05) is 13.7 Å². The highest BCUT2D eigenvalue weighted by Gasteiger charge is 2.35. The quantitative estimate of drug-likeness (QED) is 0.673. The molecule has 1 heterocycles. The van der Waals surface area contributed by atoms with E-state index in [0.29, 0.717) is 0 Å². The first kappa shape index (κ1) is 13.4. The summed E-state index contributed by atoms with van der Waals surface area (Å²) in [5.74, 6) is -0.416. The molecule has 0 amide bonds. The molecule has 2 rings (SSSR count). The number of methoxy groups -OCH3 is 1. The highest BCUT2D eigenvalue weighted by atomic mass is 32.1. The van der Waals surface area contributed by atoms with Gasteiger partial charge in [0.2, 0.25) is 0 Å². The van der Waals surface area contributed by atoms with Crippen LogP contribution >= 0.6 is 12.8 Å². The maximum atomic E-state index is 12.1. The Bertz CT molecular complexity index is 396. The minimum Gasteiger partial charge on any atom is -0.469 e. The third-order valence-corrected chi connectivity index (χ3v) is 4.02. The van der Waals surface area contributed by atoms with E-state index in [1.165, 1.54) is 7.11 Å². The molecule has 0 spiro atoms. The second kappa shape index (κ2) is 6.25. The zero-order valence-electron chi connectivity index (χ0n) is 10.6. The first-order valence-corrected chi connectivity index (χ1v) is 6.72. The van der Waals surface area contributed by atoms with E-state index in [1.54, 1.807) is 0 Å². The number of thiol groups is 1. The van der Waals surface area contributed by atoms with Crippen LogP contribution in [0.4, 0.5) is 0 Å². The van der Waals surface area contributed by atoms with Crippen molar-refractivity contribution in [1.82, 2.24) is 4.31 Å². The molecule has 1 aliphatic rings. The van der Waals surface area contributed by atoms with E-state index in [2.05, 4.69) is 12.8 Å². The van der Waals surface area contributed by atoms with Crippen LogP contribution in [-0.4, -0.2) is 30.0 Å². The standard InChI is InChI=1S/C14H19NO2S/c1-17-14(16)13(11-7-3-2-4-8-11)12-9-5-6-10-15(12)18/h2-4,7-8,12-13,18H,5-6,9-10H2,1H3. The van der Waals surface area contributed by atoms with Gasteiger partial charge >= 0.3 is 5.97 Å². The molecule has 0 N–H and O–H groups in total. The van der Waals surface area contributed by atoms with Crippen molar-refractivity contribution in [2.45, 2.75) is 31.2 Å². The molecule has 0 radical (unpaired) electrons. The summed E-state index contributed by atoms with van der Waals surface area (Å²) in [6.07, 6.45) is 3.27. The molecule has 1 aromatic rings. The number of carbonyl (C=O) groups is 1. The lowest BCUT2D eigenvalue weighted by atomic mass is 9.86. The molecular formula is C14H19NO2S. The Labute approximate surface area is 114 Å². The van der Waals surface area contributed by atoms with Crippen LogP contribution in [0.1, 0.15) is 30.7 Å². The SMILES string of the molecule is COC(=O)C(c1ccccc1)C1CCCCN1S. The third kappa shape index (κ3) is 2.87. The van der Waals surface area contributed by atoms with Crippen LogP contribution < -0.4 is 0 Å². The van der Waals surface area contributed by atoms with Crippen molar-refractivity contribution in [1.29, 1.82) is 0 Å². The van der Waals surface area contributed by atoms with E-state index in [1.807, 2.05) is 34.6 Å². The van der Waals surface area contributed by atoms with E-state index in [9.17, 15) is 4.79 Å². The molecule has 1 aliphatic heterocycles. The summed E-state index contributed by atoms with van der Waals surface area (Å²) >= 11 is 4.50. The largest absolute Gasteiger partial charge is 0.469 e. The van der Waals surface area contributed by atoms with E-state index in [4.69, 9.17) is 4.74 Å². The lowest BCUT2D eigenvalue weighted by molar-refractivity contribution is -0.144. The van der Waals surface area contributed by atoms with Crippen LogP contribution in [0.15, 0.2) is 30.3 Å². The van der Waals surface area contributed by atoms with Gasteiger partial charge in [0.25, 0.3) is 0 Å². The molecular weight excluding hydrogens is 246 g/mol. The molecule has 2 atom stereocenters. The minimum absolute atomic E-state index is 0.122. The Morgan fingerprint density at radius 3 is 2.72 bits per heavy atom. The average Bonchev–Trinajstić information content (AvgIpc) is 2.42. The van der Waals surface area contributed by atoms with Crippen molar-refractivity contribution < 1.29 is 9.53 Å². The van der Waals surface area contributed by atoms with Crippen molar-refractivity contribution >= 4 is 18.8 Å². The number of rotatable bonds is 3. The first-order valence-electron chi connectivity index (χ1n) is 6.32. The number of nitrogens with zero attached hydrogens (tertiary/aromatic N) is 1. The molecule has 0 aliphatic carbocycles. The van der Waals surface area contributed by atoms with Crippen LogP contribution in [0.5, 0.6) is 0 Å². The van der Waals surface area contributed by atoms with E-state index >= 15 is 0 Å². The van der Waals surface area contributed by atoms with Crippen molar-refractivity contribution in [3.8, 4) is 0 Å². The maximum Gasteiger partial charge on any atom is 0.314 e. The Kier molecular flexibility index (Phi) is 4.66. The monoisotopic (exact) mass is 265 g/mol. The predicted molar refractivity (Wildman–Crippen MR) is 74.5 cm³/mol. The van der Waals surface area contributed by atoms with Crippen LogP contribution in [0.2, 0.25) is 0 Å². The number of piperidine rings is 1. The minimum atomic E-state index is -0.242. The third-order valence-electron chi connectivity index (χ3n) is 3.52. The van der Waals surface area contributed by atoms with Gasteiger partial charge in [0.15, 0.2) is 0 Å². The first-order chi connectivity index (χ1) is 8.74.